The number of carboxylic acids is 1. The fraction of sp³-hybridized carbons (Fsp3) is 0.750. The Labute approximate surface area is 75.5 Å². The van der Waals surface area contributed by atoms with Crippen molar-refractivity contribution >= 4 is 23.5 Å². The number of rotatable bonds is 3. The number of hydrogen-bond acceptors (Lipinski definition) is 3. The molecule has 68 valence electrons. The van der Waals surface area contributed by atoms with Crippen molar-refractivity contribution in [2.45, 2.75) is 13.3 Å². The molecule has 0 saturated carbocycles. The van der Waals surface area contributed by atoms with Crippen molar-refractivity contribution in [3.63, 3.8) is 0 Å². The summed E-state index contributed by atoms with van der Waals surface area (Å²) in [5.41, 5.74) is 0. The fourth-order valence-corrected chi connectivity index (χ4v) is 2.81. The smallest absolute Gasteiger partial charge is 0.308 e. The van der Waals surface area contributed by atoms with Crippen molar-refractivity contribution in [3.05, 3.63) is 0 Å². The Balaban J connectivity index is 2.63. The van der Waals surface area contributed by atoms with Crippen molar-refractivity contribution in [2.75, 3.05) is 11.5 Å². The molecule has 0 radical (unpaired) electrons. The van der Waals surface area contributed by atoms with E-state index in [2.05, 4.69) is 0 Å². The van der Waals surface area contributed by atoms with Gasteiger partial charge in [-0.25, -0.2) is 0 Å². The van der Waals surface area contributed by atoms with Gasteiger partial charge in [0.15, 0.2) is 0 Å². The van der Waals surface area contributed by atoms with E-state index in [0.29, 0.717) is 17.9 Å². The fourth-order valence-electron chi connectivity index (χ4n) is 1.38. The highest BCUT2D eigenvalue weighted by molar-refractivity contribution is 7.99. The molecule has 0 aromatic rings. The third-order valence-electron chi connectivity index (χ3n) is 2.16. The quantitative estimate of drug-likeness (QED) is 0.718. The van der Waals surface area contributed by atoms with Crippen LogP contribution in [0, 0.1) is 11.8 Å². The summed E-state index contributed by atoms with van der Waals surface area (Å²) in [5.74, 6) is -0.144. The van der Waals surface area contributed by atoms with E-state index in [1.165, 1.54) is 0 Å². The molecule has 1 heterocycles. The van der Waals surface area contributed by atoms with Crippen molar-refractivity contribution in [2.24, 2.45) is 11.8 Å². The summed E-state index contributed by atoms with van der Waals surface area (Å²) >= 11 is 1.56. The molecule has 1 rings (SSSR count). The molecule has 0 spiro atoms. The number of carbonyl (C=O) groups excluding carboxylic acids is 1. The van der Waals surface area contributed by atoms with Crippen LogP contribution in [0.15, 0.2) is 0 Å². The van der Waals surface area contributed by atoms with Gasteiger partial charge in [0.05, 0.1) is 5.92 Å². The number of thioether (sulfide) groups is 1. The number of aliphatic carboxylic acids is 1. The molecule has 1 saturated heterocycles. The number of hydrogen-bond donors (Lipinski definition) is 1. The third kappa shape index (κ3) is 1.80. The zero-order valence-electron chi connectivity index (χ0n) is 6.95. The second kappa shape index (κ2) is 3.94. The largest absolute Gasteiger partial charge is 0.481 e. The average Bonchev–Trinajstić information content (AvgIpc) is 2.50. The zero-order chi connectivity index (χ0) is 9.14. The number of carboxylic acid groups (broad SMARTS) is 1. The Morgan fingerprint density at radius 3 is 2.50 bits per heavy atom. The Bertz CT molecular complexity index is 202. The first kappa shape index (κ1) is 9.58. The van der Waals surface area contributed by atoms with Gasteiger partial charge in [0.1, 0.15) is 5.78 Å². The molecule has 0 aromatic heterocycles. The molecule has 1 fully saturated rings. The first-order chi connectivity index (χ1) is 5.66. The van der Waals surface area contributed by atoms with Gasteiger partial charge in [-0.05, 0) is 0 Å². The van der Waals surface area contributed by atoms with Crippen LogP contribution in [0.3, 0.4) is 0 Å². The van der Waals surface area contributed by atoms with Crippen LogP contribution in [0.1, 0.15) is 13.3 Å². The first-order valence-electron chi connectivity index (χ1n) is 4.00. The van der Waals surface area contributed by atoms with Crippen LogP contribution >= 0.6 is 11.8 Å². The molecule has 0 aliphatic carbocycles. The van der Waals surface area contributed by atoms with Gasteiger partial charge in [-0.3, -0.25) is 9.59 Å². The van der Waals surface area contributed by atoms with Crippen molar-refractivity contribution in [1.29, 1.82) is 0 Å². The molecule has 1 aliphatic rings. The van der Waals surface area contributed by atoms with Crippen molar-refractivity contribution in [1.82, 2.24) is 0 Å². The van der Waals surface area contributed by atoms with Crippen LogP contribution in [0.5, 0.6) is 0 Å². The Morgan fingerprint density at radius 2 is 2.00 bits per heavy atom. The predicted octanol–water partition coefficient (Wildman–Crippen LogP) is 1.03. The van der Waals surface area contributed by atoms with Gasteiger partial charge < -0.3 is 5.11 Å². The average molecular weight is 188 g/mol. The van der Waals surface area contributed by atoms with Crippen LogP contribution in [0.25, 0.3) is 0 Å². The van der Waals surface area contributed by atoms with E-state index in [-0.39, 0.29) is 11.7 Å². The number of ketones is 1. The monoisotopic (exact) mass is 188 g/mol. The minimum absolute atomic E-state index is 0.0902. The molecular weight excluding hydrogens is 176 g/mol. The maximum absolute atomic E-state index is 11.3. The van der Waals surface area contributed by atoms with Crippen LogP contribution in [0.2, 0.25) is 0 Å². The van der Waals surface area contributed by atoms with E-state index >= 15 is 0 Å². The highest BCUT2D eigenvalue weighted by Gasteiger charge is 2.37. The lowest BCUT2D eigenvalue weighted by molar-refractivity contribution is -0.144. The van der Waals surface area contributed by atoms with Crippen LogP contribution in [0.4, 0.5) is 0 Å². The molecule has 0 aromatic carbocycles. The van der Waals surface area contributed by atoms with E-state index in [4.69, 9.17) is 5.11 Å². The summed E-state index contributed by atoms with van der Waals surface area (Å²) in [6.07, 6.45) is 0.453. The Morgan fingerprint density at radius 1 is 1.42 bits per heavy atom. The van der Waals surface area contributed by atoms with Crippen LogP contribution in [-0.4, -0.2) is 28.4 Å². The van der Waals surface area contributed by atoms with Gasteiger partial charge in [0.25, 0.3) is 0 Å². The molecule has 1 N–H and O–H groups in total. The topological polar surface area (TPSA) is 54.4 Å². The molecule has 12 heavy (non-hydrogen) atoms. The molecule has 2 atom stereocenters. The first-order valence-corrected chi connectivity index (χ1v) is 5.15. The van der Waals surface area contributed by atoms with E-state index in [9.17, 15) is 9.59 Å². The second-order valence-corrected chi connectivity index (χ2v) is 3.98. The number of carbonyl (C=O) groups is 2. The molecular formula is C8H12O3S. The molecule has 1 aliphatic heterocycles. The standard InChI is InChI=1S/C8H12O3S/c1-2-7(9)5-3-12-4-6(5)8(10)11/h5-6H,2-4H2,1H3,(H,10,11). The van der Waals surface area contributed by atoms with Gasteiger partial charge in [-0.1, -0.05) is 6.92 Å². The third-order valence-corrected chi connectivity index (χ3v) is 3.35. The maximum Gasteiger partial charge on any atom is 0.308 e. The lowest BCUT2D eigenvalue weighted by Crippen LogP contribution is -2.27. The second-order valence-electron chi connectivity index (χ2n) is 2.91. The Kier molecular flexibility index (Phi) is 3.14. The van der Waals surface area contributed by atoms with Crippen LogP contribution < -0.4 is 0 Å². The van der Waals surface area contributed by atoms with E-state index < -0.39 is 11.9 Å². The predicted molar refractivity (Wildman–Crippen MR) is 47.2 cm³/mol. The highest BCUT2D eigenvalue weighted by Crippen LogP contribution is 2.31. The SMILES string of the molecule is CCC(=O)C1CSCC1C(=O)O. The summed E-state index contributed by atoms with van der Waals surface area (Å²) < 4.78 is 0. The minimum Gasteiger partial charge on any atom is -0.481 e. The summed E-state index contributed by atoms with van der Waals surface area (Å²) in [5, 5.41) is 8.76. The normalized spacial score (nSPS) is 28.8. The van der Waals surface area contributed by atoms with E-state index in [0.717, 1.165) is 0 Å². The summed E-state index contributed by atoms with van der Waals surface area (Å²) in [6.45, 7) is 1.78. The summed E-state index contributed by atoms with van der Waals surface area (Å²) in [7, 11) is 0. The Hall–Kier alpha value is -0.510. The zero-order valence-corrected chi connectivity index (χ0v) is 7.76. The van der Waals surface area contributed by atoms with E-state index in [1.54, 1.807) is 18.7 Å². The highest BCUT2D eigenvalue weighted by atomic mass is 32.2. The van der Waals surface area contributed by atoms with Gasteiger partial charge >= 0.3 is 5.97 Å². The lowest BCUT2D eigenvalue weighted by Gasteiger charge is -2.11. The van der Waals surface area contributed by atoms with Crippen molar-refractivity contribution < 1.29 is 14.7 Å². The van der Waals surface area contributed by atoms with E-state index in [1.807, 2.05) is 0 Å². The molecule has 4 heteroatoms. The van der Waals surface area contributed by atoms with Crippen LogP contribution in [-0.2, 0) is 9.59 Å². The van der Waals surface area contributed by atoms with Gasteiger partial charge in [-0.2, -0.15) is 11.8 Å². The summed E-state index contributed by atoms with van der Waals surface area (Å²) in [4.78, 5) is 21.9. The maximum atomic E-state index is 11.3. The molecule has 2 unspecified atom stereocenters. The van der Waals surface area contributed by atoms with Crippen molar-refractivity contribution in [3.8, 4) is 0 Å². The van der Waals surface area contributed by atoms with Gasteiger partial charge in [0.2, 0.25) is 0 Å². The molecule has 0 bridgehead atoms. The number of Topliss-reactive ketones (excluding diaryl/α,β-unsaturated/α-hetero) is 1. The molecule has 3 nitrogen and oxygen atoms in total. The minimum atomic E-state index is -0.827. The summed E-state index contributed by atoms with van der Waals surface area (Å²) in [6, 6.07) is 0. The lowest BCUT2D eigenvalue weighted by atomic mass is 9.91. The van der Waals surface area contributed by atoms with Gasteiger partial charge in [-0.15, -0.1) is 0 Å². The van der Waals surface area contributed by atoms with Gasteiger partial charge in [0, 0.05) is 23.8 Å². The molecule has 0 amide bonds.